The molecule has 1 aromatic rings. The van der Waals surface area contributed by atoms with E-state index in [2.05, 4.69) is 13.8 Å². The number of phenols is 1. The Morgan fingerprint density at radius 1 is 1.28 bits per heavy atom. The van der Waals surface area contributed by atoms with Crippen LogP contribution in [0.2, 0.25) is 0 Å². The van der Waals surface area contributed by atoms with E-state index in [1.807, 2.05) is 6.07 Å². The van der Waals surface area contributed by atoms with Crippen LogP contribution in [0.25, 0.3) is 5.57 Å². The molecule has 5 heteroatoms. The van der Waals surface area contributed by atoms with E-state index in [9.17, 15) is 20.1 Å². The zero-order valence-electron chi connectivity index (χ0n) is 14.3. The third kappa shape index (κ3) is 1.73. The Balaban J connectivity index is 1.77. The monoisotopic (exact) mass is 342 g/mol. The molecule has 5 rings (SSSR count). The minimum absolute atomic E-state index is 0.00845. The molecule has 2 saturated carbocycles. The molecular formula is C20H22O5. The van der Waals surface area contributed by atoms with Gasteiger partial charge in [0.2, 0.25) is 0 Å². The molecule has 1 aliphatic heterocycles. The number of ether oxygens (including phenoxy) is 1. The van der Waals surface area contributed by atoms with Crippen molar-refractivity contribution in [2.75, 3.05) is 6.61 Å². The average molecular weight is 342 g/mol. The molecule has 3 N–H and O–H groups in total. The average Bonchev–Trinajstić information content (AvgIpc) is 2.73. The van der Waals surface area contributed by atoms with Crippen molar-refractivity contribution in [2.24, 2.45) is 23.2 Å². The number of aliphatic hydroxyl groups is 2. The van der Waals surface area contributed by atoms with Crippen LogP contribution in [0.3, 0.4) is 0 Å². The van der Waals surface area contributed by atoms with E-state index in [-0.39, 0.29) is 41.1 Å². The summed E-state index contributed by atoms with van der Waals surface area (Å²) >= 11 is 0. The number of benzene rings is 1. The van der Waals surface area contributed by atoms with Crippen molar-refractivity contribution in [3.8, 4) is 11.5 Å². The van der Waals surface area contributed by atoms with Crippen LogP contribution in [0.5, 0.6) is 11.5 Å². The molecule has 5 nitrogen and oxygen atoms in total. The summed E-state index contributed by atoms with van der Waals surface area (Å²) in [5, 5.41) is 31.4. The summed E-state index contributed by atoms with van der Waals surface area (Å²) in [5.41, 5.74) is 1.34. The van der Waals surface area contributed by atoms with Gasteiger partial charge in [-0.1, -0.05) is 13.8 Å². The summed E-state index contributed by atoms with van der Waals surface area (Å²) in [5.74, 6) is 0.188. The van der Waals surface area contributed by atoms with Crippen LogP contribution in [0.1, 0.15) is 32.3 Å². The molecule has 5 atom stereocenters. The number of allylic oxidation sites excluding steroid dienone is 1. The molecule has 0 saturated heterocycles. The topological polar surface area (TPSA) is 87.0 Å². The summed E-state index contributed by atoms with van der Waals surface area (Å²) in [6.07, 6.45) is -0.407. The normalized spacial score (nSPS) is 40.4. The molecule has 1 heterocycles. The maximum absolute atomic E-state index is 12.8. The van der Waals surface area contributed by atoms with Crippen molar-refractivity contribution in [3.05, 3.63) is 29.3 Å². The molecule has 25 heavy (non-hydrogen) atoms. The third-order valence-corrected chi connectivity index (χ3v) is 7.05. The van der Waals surface area contributed by atoms with Crippen LogP contribution in [-0.4, -0.2) is 39.4 Å². The lowest BCUT2D eigenvalue weighted by Crippen LogP contribution is -2.54. The number of ketones is 1. The van der Waals surface area contributed by atoms with Crippen LogP contribution in [0.4, 0.5) is 0 Å². The fraction of sp³-hybridized carbons (Fsp3) is 0.550. The number of carbonyl (C=O) groups excluding carboxylic acids is 1. The summed E-state index contributed by atoms with van der Waals surface area (Å²) < 4.78 is 5.86. The molecule has 2 unspecified atom stereocenters. The molecule has 0 spiro atoms. The number of rotatable bonds is 0. The number of carbonyl (C=O) groups is 1. The highest BCUT2D eigenvalue weighted by atomic mass is 16.5. The van der Waals surface area contributed by atoms with Gasteiger partial charge in [-0.15, -0.1) is 0 Å². The van der Waals surface area contributed by atoms with Gasteiger partial charge < -0.3 is 20.1 Å². The summed E-state index contributed by atoms with van der Waals surface area (Å²) in [6.45, 7) is 4.55. The number of aliphatic hydroxyl groups excluding tert-OH is 1. The van der Waals surface area contributed by atoms with E-state index in [0.29, 0.717) is 18.8 Å². The number of aromatic hydroxyl groups is 1. The van der Waals surface area contributed by atoms with Crippen LogP contribution in [0.15, 0.2) is 23.8 Å². The van der Waals surface area contributed by atoms with E-state index in [1.165, 1.54) is 0 Å². The first-order valence-corrected chi connectivity index (χ1v) is 8.87. The Morgan fingerprint density at radius 2 is 2.04 bits per heavy atom. The first-order valence-electron chi connectivity index (χ1n) is 8.87. The largest absolute Gasteiger partial charge is 0.508 e. The Kier molecular flexibility index (Phi) is 2.75. The molecule has 2 fully saturated rings. The quantitative estimate of drug-likeness (QED) is 0.670. The Bertz CT molecular complexity index is 838. The first-order chi connectivity index (χ1) is 11.7. The minimum Gasteiger partial charge on any atom is -0.508 e. The number of phenolic OH excluding ortho intramolecular Hbond substituents is 1. The van der Waals surface area contributed by atoms with E-state index >= 15 is 0 Å². The van der Waals surface area contributed by atoms with Gasteiger partial charge in [-0.3, -0.25) is 4.79 Å². The Hall–Kier alpha value is -1.85. The lowest BCUT2D eigenvalue weighted by atomic mass is 9.55. The molecule has 2 bridgehead atoms. The van der Waals surface area contributed by atoms with Gasteiger partial charge in [-0.2, -0.15) is 0 Å². The molecule has 0 amide bonds. The van der Waals surface area contributed by atoms with Gasteiger partial charge in [-0.25, -0.2) is 0 Å². The molecule has 132 valence electrons. The maximum atomic E-state index is 12.8. The van der Waals surface area contributed by atoms with E-state index in [4.69, 9.17) is 4.74 Å². The fourth-order valence-electron chi connectivity index (χ4n) is 6.03. The Morgan fingerprint density at radius 3 is 2.80 bits per heavy atom. The zero-order chi connectivity index (χ0) is 17.7. The van der Waals surface area contributed by atoms with Crippen LogP contribution < -0.4 is 4.74 Å². The van der Waals surface area contributed by atoms with Crippen molar-refractivity contribution >= 4 is 11.4 Å². The van der Waals surface area contributed by atoms with Gasteiger partial charge in [0, 0.05) is 29.9 Å². The van der Waals surface area contributed by atoms with Crippen LogP contribution >= 0.6 is 0 Å². The van der Waals surface area contributed by atoms with Crippen molar-refractivity contribution in [1.29, 1.82) is 0 Å². The van der Waals surface area contributed by atoms with Gasteiger partial charge in [0.25, 0.3) is 0 Å². The number of Topliss-reactive ketones (excluding diaryl/α,β-unsaturated/α-hetero) is 1. The fourth-order valence-corrected chi connectivity index (χ4v) is 6.03. The number of fused-ring (bicyclic) bond motifs is 4. The lowest BCUT2D eigenvalue weighted by molar-refractivity contribution is -0.147. The van der Waals surface area contributed by atoms with Gasteiger partial charge in [0.1, 0.15) is 23.9 Å². The number of hydrogen-bond donors (Lipinski definition) is 3. The highest BCUT2D eigenvalue weighted by molar-refractivity contribution is 5.93. The van der Waals surface area contributed by atoms with Crippen LogP contribution in [-0.2, 0) is 4.79 Å². The van der Waals surface area contributed by atoms with Gasteiger partial charge in [-0.05, 0) is 41.0 Å². The molecule has 0 aromatic heterocycles. The van der Waals surface area contributed by atoms with Crippen LogP contribution in [0, 0.1) is 23.2 Å². The van der Waals surface area contributed by atoms with E-state index < -0.39 is 11.7 Å². The SMILES string of the molecule is CC1(C)C2=C(COc3cc(O)ccc32)C2C(=O)C[C@@]3(O)C[C@H]1C2[C@H]3O. The highest BCUT2D eigenvalue weighted by Gasteiger charge is 2.67. The summed E-state index contributed by atoms with van der Waals surface area (Å²) in [6, 6.07) is 5.09. The molecule has 1 aromatic carbocycles. The van der Waals surface area contributed by atoms with Gasteiger partial charge in [0.05, 0.1) is 11.7 Å². The standard InChI is InChI=1S/C20H22O5/c1-19(2)12-6-20(24)7-13(22)15(16(12)18(20)23)11-8-25-14-5-9(21)3-4-10(14)17(11)19/h3-5,12,15-16,18,21,23-24H,6-8H2,1-2H3/t12-,15?,16?,18+,20-/m0/s1. The Labute approximate surface area is 145 Å². The van der Waals surface area contributed by atoms with Crippen molar-refractivity contribution in [1.82, 2.24) is 0 Å². The van der Waals surface area contributed by atoms with E-state index in [0.717, 1.165) is 16.7 Å². The second-order valence-corrected chi connectivity index (χ2v) is 8.65. The van der Waals surface area contributed by atoms with Crippen molar-refractivity contribution in [3.63, 3.8) is 0 Å². The van der Waals surface area contributed by atoms with Crippen molar-refractivity contribution in [2.45, 2.75) is 38.4 Å². The van der Waals surface area contributed by atoms with Gasteiger partial charge in [0.15, 0.2) is 0 Å². The predicted octanol–water partition coefficient (Wildman–Crippen LogP) is 1.90. The third-order valence-electron chi connectivity index (χ3n) is 7.05. The lowest BCUT2D eigenvalue weighted by Gasteiger charge is -2.50. The minimum atomic E-state index is -1.30. The second-order valence-electron chi connectivity index (χ2n) is 8.65. The summed E-state index contributed by atoms with van der Waals surface area (Å²) in [4.78, 5) is 12.8. The number of hydrogen-bond acceptors (Lipinski definition) is 5. The molecule has 0 radical (unpaired) electrons. The molecular weight excluding hydrogens is 320 g/mol. The molecule has 3 aliphatic carbocycles. The second kappa shape index (κ2) is 4.46. The molecule has 4 aliphatic rings. The smallest absolute Gasteiger partial charge is 0.143 e. The maximum Gasteiger partial charge on any atom is 0.143 e. The highest BCUT2D eigenvalue weighted by Crippen LogP contribution is 2.65. The predicted molar refractivity (Wildman–Crippen MR) is 90.0 cm³/mol. The summed E-state index contributed by atoms with van der Waals surface area (Å²) in [7, 11) is 0. The van der Waals surface area contributed by atoms with Crippen molar-refractivity contribution < 1.29 is 24.9 Å². The zero-order valence-corrected chi connectivity index (χ0v) is 14.3. The first kappa shape index (κ1) is 15.4. The van der Waals surface area contributed by atoms with E-state index in [1.54, 1.807) is 12.1 Å². The van der Waals surface area contributed by atoms with Gasteiger partial charge >= 0.3 is 0 Å².